The molecule has 6 nitrogen and oxygen atoms in total. The first-order valence-electron chi connectivity index (χ1n) is 6.74. The summed E-state index contributed by atoms with van der Waals surface area (Å²) in [5, 5.41) is 7.44. The van der Waals surface area contributed by atoms with Gasteiger partial charge in [0, 0.05) is 17.5 Å². The van der Waals surface area contributed by atoms with E-state index in [0.29, 0.717) is 11.7 Å². The number of nitrogens with one attached hydrogen (secondary N) is 1. The van der Waals surface area contributed by atoms with Crippen molar-refractivity contribution < 1.29 is 9.32 Å². The molecule has 2 heterocycles. The first-order valence-corrected chi connectivity index (χ1v) is 7.55. The fourth-order valence-corrected chi connectivity index (χ4v) is 2.64. The lowest BCUT2D eigenvalue weighted by atomic mass is 10.2. The Kier molecular flexibility index (Phi) is 4.74. The van der Waals surface area contributed by atoms with Gasteiger partial charge < -0.3 is 9.84 Å². The van der Waals surface area contributed by atoms with E-state index in [2.05, 4.69) is 15.5 Å². The van der Waals surface area contributed by atoms with Crippen molar-refractivity contribution in [1.29, 1.82) is 0 Å². The molecule has 0 aliphatic heterocycles. The van der Waals surface area contributed by atoms with Crippen molar-refractivity contribution in [3.8, 4) is 0 Å². The molecule has 0 saturated heterocycles. The van der Waals surface area contributed by atoms with Gasteiger partial charge >= 0.3 is 0 Å². The molecule has 0 fully saturated rings. The predicted octanol–water partition coefficient (Wildman–Crippen LogP) is 2.52. The van der Waals surface area contributed by atoms with Gasteiger partial charge in [0.15, 0.2) is 5.13 Å². The highest BCUT2D eigenvalue weighted by Gasteiger charge is 2.20. The second kappa shape index (κ2) is 6.36. The predicted molar refractivity (Wildman–Crippen MR) is 82.4 cm³/mol. The number of likely N-dealkylation sites (N-methyl/N-ethyl adjacent to an activating group) is 1. The van der Waals surface area contributed by atoms with E-state index < -0.39 is 0 Å². The standard InChI is InChI=1S/C14H20N4O2S/c1-8-6-12(17-20-8)7-18(5)10(3)13(19)16-14-15-9(2)11(4)21-14/h6,10H,7H2,1-5H3,(H,15,16,19). The number of hydrogen-bond acceptors (Lipinski definition) is 6. The average Bonchev–Trinajstić information content (AvgIpc) is 2.95. The van der Waals surface area contributed by atoms with Crippen LogP contribution in [-0.2, 0) is 11.3 Å². The minimum absolute atomic E-state index is 0.0773. The Bertz CT molecular complexity index is 615. The molecule has 2 aromatic rings. The van der Waals surface area contributed by atoms with Gasteiger partial charge in [-0.2, -0.15) is 0 Å². The highest BCUT2D eigenvalue weighted by molar-refractivity contribution is 7.15. The lowest BCUT2D eigenvalue weighted by Gasteiger charge is -2.22. The maximum absolute atomic E-state index is 12.2. The Morgan fingerprint density at radius 1 is 1.48 bits per heavy atom. The molecule has 0 bridgehead atoms. The third kappa shape index (κ3) is 3.89. The van der Waals surface area contributed by atoms with Gasteiger partial charge in [-0.3, -0.25) is 9.69 Å². The van der Waals surface area contributed by atoms with Crippen molar-refractivity contribution in [2.45, 2.75) is 40.3 Å². The molecule has 0 aliphatic rings. The largest absolute Gasteiger partial charge is 0.361 e. The summed E-state index contributed by atoms with van der Waals surface area (Å²) in [5.41, 5.74) is 1.77. The molecular formula is C14H20N4O2S. The second-order valence-corrected chi connectivity index (χ2v) is 6.37. The maximum Gasteiger partial charge on any atom is 0.243 e. The molecule has 7 heteroatoms. The minimum Gasteiger partial charge on any atom is -0.361 e. The highest BCUT2D eigenvalue weighted by atomic mass is 32.1. The number of carbonyl (C=O) groups is 1. The number of anilines is 1. The van der Waals surface area contributed by atoms with Crippen LogP contribution < -0.4 is 5.32 Å². The molecule has 0 saturated carbocycles. The van der Waals surface area contributed by atoms with Gasteiger partial charge in [0.25, 0.3) is 0 Å². The Morgan fingerprint density at radius 2 is 2.19 bits per heavy atom. The molecule has 1 N–H and O–H groups in total. The third-order valence-electron chi connectivity index (χ3n) is 3.39. The molecule has 1 atom stereocenters. The van der Waals surface area contributed by atoms with Gasteiger partial charge in [0.1, 0.15) is 5.76 Å². The summed E-state index contributed by atoms with van der Waals surface area (Å²) in [6.07, 6.45) is 0. The summed E-state index contributed by atoms with van der Waals surface area (Å²) in [4.78, 5) is 19.6. The first kappa shape index (κ1) is 15.7. The van der Waals surface area contributed by atoms with Crippen LogP contribution in [0.25, 0.3) is 0 Å². The van der Waals surface area contributed by atoms with Gasteiger partial charge in [0.05, 0.1) is 17.4 Å². The fraction of sp³-hybridized carbons (Fsp3) is 0.500. The van der Waals surface area contributed by atoms with E-state index in [-0.39, 0.29) is 11.9 Å². The van der Waals surface area contributed by atoms with Crippen LogP contribution >= 0.6 is 11.3 Å². The van der Waals surface area contributed by atoms with E-state index in [1.54, 1.807) is 0 Å². The average molecular weight is 308 g/mol. The van der Waals surface area contributed by atoms with E-state index >= 15 is 0 Å². The van der Waals surface area contributed by atoms with E-state index in [4.69, 9.17) is 4.52 Å². The molecule has 0 radical (unpaired) electrons. The summed E-state index contributed by atoms with van der Waals surface area (Å²) >= 11 is 1.49. The molecule has 0 spiro atoms. The number of carbonyl (C=O) groups excluding carboxylic acids is 1. The van der Waals surface area contributed by atoms with Crippen molar-refractivity contribution in [1.82, 2.24) is 15.0 Å². The Balaban J connectivity index is 1.94. The van der Waals surface area contributed by atoms with Crippen LogP contribution in [0.4, 0.5) is 5.13 Å². The third-order valence-corrected chi connectivity index (χ3v) is 4.38. The highest BCUT2D eigenvalue weighted by Crippen LogP contribution is 2.21. The number of nitrogens with zero attached hydrogens (tertiary/aromatic N) is 3. The zero-order valence-corrected chi connectivity index (χ0v) is 13.7. The summed E-state index contributed by atoms with van der Waals surface area (Å²) in [7, 11) is 1.88. The van der Waals surface area contributed by atoms with Crippen LogP contribution in [0.3, 0.4) is 0 Å². The minimum atomic E-state index is -0.286. The fourth-order valence-electron chi connectivity index (χ4n) is 1.82. The molecule has 1 unspecified atom stereocenters. The summed E-state index contributed by atoms with van der Waals surface area (Å²) < 4.78 is 5.03. The number of thiazole rings is 1. The van der Waals surface area contributed by atoms with E-state index in [9.17, 15) is 4.79 Å². The maximum atomic E-state index is 12.2. The lowest BCUT2D eigenvalue weighted by molar-refractivity contribution is -0.120. The summed E-state index contributed by atoms with van der Waals surface area (Å²) in [6.45, 7) is 8.19. The number of aryl methyl sites for hydroxylation is 3. The normalized spacial score (nSPS) is 12.7. The van der Waals surface area contributed by atoms with Crippen LogP contribution in [0.5, 0.6) is 0 Å². The molecule has 114 valence electrons. The summed E-state index contributed by atoms with van der Waals surface area (Å²) in [6, 6.07) is 1.58. The van der Waals surface area contributed by atoms with Gasteiger partial charge in [-0.1, -0.05) is 5.16 Å². The Labute approximate surface area is 128 Å². The van der Waals surface area contributed by atoms with Crippen molar-refractivity contribution in [2.24, 2.45) is 0 Å². The van der Waals surface area contributed by atoms with Crippen molar-refractivity contribution in [2.75, 3.05) is 12.4 Å². The molecule has 0 aliphatic carbocycles. The van der Waals surface area contributed by atoms with Crippen molar-refractivity contribution in [3.63, 3.8) is 0 Å². The number of hydrogen-bond donors (Lipinski definition) is 1. The quantitative estimate of drug-likeness (QED) is 0.919. The van der Waals surface area contributed by atoms with Crippen molar-refractivity contribution in [3.05, 3.63) is 28.1 Å². The van der Waals surface area contributed by atoms with Crippen LogP contribution in [0, 0.1) is 20.8 Å². The van der Waals surface area contributed by atoms with Gasteiger partial charge in [0.2, 0.25) is 5.91 Å². The van der Waals surface area contributed by atoms with Crippen molar-refractivity contribution >= 4 is 22.4 Å². The molecule has 2 rings (SSSR count). The van der Waals surface area contributed by atoms with Crippen LogP contribution in [0.2, 0.25) is 0 Å². The topological polar surface area (TPSA) is 71.3 Å². The van der Waals surface area contributed by atoms with Gasteiger partial charge in [-0.05, 0) is 34.7 Å². The number of amides is 1. The van der Waals surface area contributed by atoms with Crippen LogP contribution in [0.15, 0.2) is 10.6 Å². The zero-order valence-electron chi connectivity index (χ0n) is 12.9. The smallest absolute Gasteiger partial charge is 0.243 e. The monoisotopic (exact) mass is 308 g/mol. The van der Waals surface area contributed by atoms with Crippen LogP contribution in [-0.4, -0.2) is 34.0 Å². The number of aromatic nitrogens is 2. The summed E-state index contributed by atoms with van der Waals surface area (Å²) in [5.74, 6) is 0.690. The molecule has 21 heavy (non-hydrogen) atoms. The van der Waals surface area contributed by atoms with E-state index in [1.165, 1.54) is 11.3 Å². The van der Waals surface area contributed by atoms with E-state index in [1.807, 2.05) is 45.7 Å². The number of rotatable bonds is 5. The second-order valence-electron chi connectivity index (χ2n) is 5.17. The zero-order chi connectivity index (χ0) is 15.6. The lowest BCUT2D eigenvalue weighted by Crippen LogP contribution is -2.39. The molecule has 1 amide bonds. The SMILES string of the molecule is Cc1cc(CN(C)C(C)C(=O)Nc2nc(C)c(C)s2)no1. The molecule has 2 aromatic heterocycles. The first-order chi connectivity index (χ1) is 9.86. The van der Waals surface area contributed by atoms with E-state index in [0.717, 1.165) is 22.0 Å². The molecule has 0 aromatic carbocycles. The molecular weight excluding hydrogens is 288 g/mol. The Morgan fingerprint density at radius 3 is 2.71 bits per heavy atom. The van der Waals surface area contributed by atoms with Gasteiger partial charge in [-0.15, -0.1) is 11.3 Å². The van der Waals surface area contributed by atoms with Crippen LogP contribution in [0.1, 0.15) is 28.9 Å². The Hall–Kier alpha value is -1.73. The van der Waals surface area contributed by atoms with Gasteiger partial charge in [-0.25, -0.2) is 4.98 Å².